The van der Waals surface area contributed by atoms with Crippen LogP contribution in [0.25, 0.3) is 12.2 Å². The average molecular weight is 484 g/mol. The summed E-state index contributed by atoms with van der Waals surface area (Å²) in [4.78, 5) is 2.18. The Bertz CT molecular complexity index is 977. The van der Waals surface area contributed by atoms with E-state index in [1.54, 1.807) is 12.2 Å². The van der Waals surface area contributed by atoms with Crippen molar-refractivity contribution in [3.8, 4) is 0 Å². The van der Waals surface area contributed by atoms with Gasteiger partial charge < -0.3 is 10.1 Å². The summed E-state index contributed by atoms with van der Waals surface area (Å²) in [5.74, 6) is 0. The Hall–Kier alpha value is -2.62. The van der Waals surface area contributed by atoms with Crippen molar-refractivity contribution in [3.63, 3.8) is 0 Å². The minimum Gasteiger partial charge on any atom is -0.375 e. The third-order valence-electron chi connectivity index (χ3n) is 5.74. The van der Waals surface area contributed by atoms with Crippen LogP contribution < -0.4 is 5.32 Å². The van der Waals surface area contributed by atoms with E-state index < -0.39 is 23.5 Å². The first-order chi connectivity index (χ1) is 16.0. The zero-order valence-corrected chi connectivity index (χ0v) is 18.5. The van der Waals surface area contributed by atoms with Crippen LogP contribution >= 0.6 is 0 Å². The van der Waals surface area contributed by atoms with Crippen molar-refractivity contribution in [2.75, 3.05) is 32.8 Å². The van der Waals surface area contributed by atoms with Crippen LogP contribution in [0.5, 0.6) is 0 Å². The molecular formula is C25H26F6N2O. The second-order valence-electron chi connectivity index (χ2n) is 7.99. The van der Waals surface area contributed by atoms with Crippen molar-refractivity contribution in [1.82, 2.24) is 10.2 Å². The number of hydrogen-bond acceptors (Lipinski definition) is 3. The Kier molecular flexibility index (Phi) is 8.22. The van der Waals surface area contributed by atoms with Crippen LogP contribution in [0, 0.1) is 0 Å². The fourth-order valence-electron chi connectivity index (χ4n) is 4.08. The van der Waals surface area contributed by atoms with Crippen LogP contribution in [0.2, 0.25) is 0 Å². The first-order valence-corrected chi connectivity index (χ1v) is 10.7. The summed E-state index contributed by atoms with van der Waals surface area (Å²) in [6.07, 6.45) is -6.38. The smallest absolute Gasteiger partial charge is 0.375 e. The minimum atomic E-state index is -4.90. The molecule has 1 fully saturated rings. The Morgan fingerprint density at radius 3 is 2.09 bits per heavy atom. The molecular weight excluding hydrogens is 458 g/mol. The van der Waals surface area contributed by atoms with E-state index in [0.717, 1.165) is 29.8 Å². The van der Waals surface area contributed by atoms with Gasteiger partial charge in [-0.2, -0.15) is 26.3 Å². The summed E-state index contributed by atoms with van der Waals surface area (Å²) >= 11 is 0. The van der Waals surface area contributed by atoms with Crippen LogP contribution in [0.4, 0.5) is 26.3 Å². The van der Waals surface area contributed by atoms with Crippen LogP contribution in [-0.4, -0.2) is 37.7 Å². The molecule has 1 unspecified atom stereocenters. The summed E-state index contributed by atoms with van der Waals surface area (Å²) in [7, 11) is 0. The number of ether oxygens (including phenoxy) is 1. The number of piperazine rings is 1. The second kappa shape index (κ2) is 10.8. The van der Waals surface area contributed by atoms with Gasteiger partial charge in [-0.05, 0) is 40.5 Å². The lowest BCUT2D eigenvalue weighted by molar-refractivity contribution is -0.143. The van der Waals surface area contributed by atoms with Gasteiger partial charge in [-0.3, -0.25) is 4.90 Å². The molecule has 0 amide bonds. The predicted octanol–water partition coefficient (Wildman–Crippen LogP) is 6.17. The summed E-state index contributed by atoms with van der Waals surface area (Å²) in [5, 5.41) is 3.26. The van der Waals surface area contributed by atoms with Crippen molar-refractivity contribution in [1.29, 1.82) is 0 Å². The van der Waals surface area contributed by atoms with Gasteiger partial charge in [0.1, 0.15) is 0 Å². The monoisotopic (exact) mass is 484 g/mol. The van der Waals surface area contributed by atoms with Gasteiger partial charge in [0.25, 0.3) is 0 Å². The van der Waals surface area contributed by atoms with Crippen molar-refractivity contribution < 1.29 is 31.1 Å². The molecule has 34 heavy (non-hydrogen) atoms. The SMILES string of the molecule is C=Cc1cccc(C(COCc2cc(C(F)(F)F)cc(C(F)(F)F)c2)N2CCNCC2)c1C=C. The van der Waals surface area contributed by atoms with Crippen molar-refractivity contribution >= 4 is 12.2 Å². The van der Waals surface area contributed by atoms with Gasteiger partial charge >= 0.3 is 12.4 Å². The number of alkyl halides is 6. The van der Waals surface area contributed by atoms with Crippen molar-refractivity contribution in [3.05, 3.63) is 82.9 Å². The van der Waals surface area contributed by atoms with Crippen molar-refractivity contribution in [2.45, 2.75) is 25.0 Å². The molecule has 0 saturated carbocycles. The summed E-state index contributed by atoms with van der Waals surface area (Å²) < 4.78 is 84.7. The van der Waals surface area contributed by atoms with E-state index in [2.05, 4.69) is 23.4 Å². The average Bonchev–Trinajstić information content (AvgIpc) is 2.80. The highest BCUT2D eigenvalue weighted by Gasteiger charge is 2.37. The van der Waals surface area contributed by atoms with Crippen molar-refractivity contribution in [2.24, 2.45) is 0 Å². The van der Waals surface area contributed by atoms with E-state index in [-0.39, 0.29) is 30.9 Å². The molecule has 1 aliphatic rings. The molecule has 184 valence electrons. The maximum absolute atomic E-state index is 13.2. The molecule has 1 heterocycles. The Morgan fingerprint density at radius 2 is 1.56 bits per heavy atom. The minimum absolute atomic E-state index is 0.0824. The molecule has 1 aliphatic heterocycles. The topological polar surface area (TPSA) is 24.5 Å². The van der Waals surface area contributed by atoms with Gasteiger partial charge in [0, 0.05) is 26.2 Å². The second-order valence-corrected chi connectivity index (χ2v) is 7.99. The third kappa shape index (κ3) is 6.28. The fourth-order valence-corrected chi connectivity index (χ4v) is 4.08. The summed E-state index contributed by atoms with van der Waals surface area (Å²) in [6, 6.07) is 6.94. The zero-order valence-electron chi connectivity index (χ0n) is 18.5. The maximum Gasteiger partial charge on any atom is 0.416 e. The lowest BCUT2D eigenvalue weighted by Gasteiger charge is -2.36. The molecule has 1 N–H and O–H groups in total. The molecule has 0 bridgehead atoms. The van der Waals surface area contributed by atoms with Gasteiger partial charge in [-0.1, -0.05) is 43.5 Å². The number of halogens is 6. The van der Waals surface area contributed by atoms with Gasteiger partial charge in [0.2, 0.25) is 0 Å². The van der Waals surface area contributed by atoms with Gasteiger partial charge in [0.05, 0.1) is 30.4 Å². The predicted molar refractivity (Wildman–Crippen MR) is 120 cm³/mol. The lowest BCUT2D eigenvalue weighted by atomic mass is 9.94. The van der Waals surface area contributed by atoms with Crippen LogP contribution in [0.1, 0.15) is 39.4 Å². The first kappa shape index (κ1) is 26.0. The molecule has 0 spiro atoms. The largest absolute Gasteiger partial charge is 0.416 e. The van der Waals surface area contributed by atoms with Crippen LogP contribution in [-0.2, 0) is 23.7 Å². The lowest BCUT2D eigenvalue weighted by Crippen LogP contribution is -2.46. The summed E-state index contributed by atoms with van der Waals surface area (Å²) in [5.41, 5.74) is -0.248. The Morgan fingerprint density at radius 1 is 0.941 bits per heavy atom. The highest BCUT2D eigenvalue weighted by Crippen LogP contribution is 2.36. The molecule has 9 heteroatoms. The van der Waals surface area contributed by atoms with Crippen LogP contribution in [0.15, 0.2) is 49.6 Å². The van der Waals surface area contributed by atoms with E-state index in [0.29, 0.717) is 25.2 Å². The molecule has 0 aromatic heterocycles. The number of nitrogens with zero attached hydrogens (tertiary/aromatic N) is 1. The van der Waals surface area contributed by atoms with E-state index in [4.69, 9.17) is 4.74 Å². The van der Waals surface area contributed by atoms with Gasteiger partial charge in [0.15, 0.2) is 0 Å². The number of rotatable bonds is 8. The molecule has 3 nitrogen and oxygen atoms in total. The summed E-state index contributed by atoms with van der Waals surface area (Å²) in [6.45, 7) is 10.3. The molecule has 1 atom stereocenters. The van der Waals surface area contributed by atoms with E-state index >= 15 is 0 Å². The van der Waals surface area contributed by atoms with Gasteiger partial charge in [-0.15, -0.1) is 0 Å². The zero-order chi connectivity index (χ0) is 24.9. The van der Waals surface area contributed by atoms with E-state index in [1.807, 2.05) is 18.2 Å². The Labute approximate surface area is 194 Å². The maximum atomic E-state index is 13.2. The molecule has 1 saturated heterocycles. The number of benzene rings is 2. The fraction of sp³-hybridized carbons (Fsp3) is 0.360. The molecule has 0 aliphatic carbocycles. The highest BCUT2D eigenvalue weighted by molar-refractivity contribution is 5.67. The Balaban J connectivity index is 1.87. The quantitative estimate of drug-likeness (QED) is 0.454. The molecule has 3 rings (SSSR count). The molecule has 0 radical (unpaired) electrons. The highest BCUT2D eigenvalue weighted by atomic mass is 19.4. The standard InChI is InChI=1S/C25H26F6N2O/c1-3-18-6-5-7-22(21(18)4-2)23(33-10-8-32-9-11-33)16-34-15-17-12-19(24(26,27)28)14-20(13-17)25(29,30)31/h3-7,12-14,23,32H,1-2,8-11,15-16H2. The van der Waals surface area contributed by atoms with Gasteiger partial charge in [-0.25, -0.2) is 0 Å². The normalized spacial score (nSPS) is 16.3. The third-order valence-corrected chi connectivity index (χ3v) is 5.74. The number of hydrogen-bond donors (Lipinski definition) is 1. The number of nitrogens with one attached hydrogen (secondary N) is 1. The van der Waals surface area contributed by atoms with E-state index in [9.17, 15) is 26.3 Å². The van der Waals surface area contributed by atoms with E-state index in [1.165, 1.54) is 0 Å². The molecule has 2 aromatic carbocycles. The molecule has 2 aromatic rings. The first-order valence-electron chi connectivity index (χ1n) is 10.7. The van der Waals surface area contributed by atoms with Crippen LogP contribution in [0.3, 0.4) is 0 Å².